The first-order valence-electron chi connectivity index (χ1n) is 5.64. The van der Waals surface area contributed by atoms with E-state index in [9.17, 15) is 0 Å². The van der Waals surface area contributed by atoms with Crippen molar-refractivity contribution in [1.82, 2.24) is 0 Å². The summed E-state index contributed by atoms with van der Waals surface area (Å²) >= 11 is 0. The van der Waals surface area contributed by atoms with Gasteiger partial charge in [0.25, 0.3) is 0 Å². The molecule has 0 heterocycles. The van der Waals surface area contributed by atoms with Crippen molar-refractivity contribution in [3.8, 4) is 0 Å². The van der Waals surface area contributed by atoms with Gasteiger partial charge in [0.2, 0.25) is 0 Å². The lowest BCUT2D eigenvalue weighted by molar-refractivity contribution is 1.47. The Morgan fingerprint density at radius 2 is 1.62 bits per heavy atom. The van der Waals surface area contributed by atoms with Gasteiger partial charge in [-0.3, -0.25) is 0 Å². The van der Waals surface area contributed by atoms with Gasteiger partial charge >= 0.3 is 0 Å². The van der Waals surface area contributed by atoms with Gasteiger partial charge < -0.3 is 0 Å². The van der Waals surface area contributed by atoms with E-state index in [2.05, 4.69) is 62.8 Å². The highest BCUT2D eigenvalue weighted by molar-refractivity contribution is 6.62. The van der Waals surface area contributed by atoms with Gasteiger partial charge in [-0.25, -0.2) is 0 Å². The molecule has 0 saturated heterocycles. The minimum atomic E-state index is 1.24. The Kier molecular flexibility index (Phi) is 5.42. The lowest BCUT2D eigenvalue weighted by atomic mass is 9.61. The van der Waals surface area contributed by atoms with Crippen LogP contribution in [-0.4, -0.2) is 7.28 Å². The van der Waals surface area contributed by atoms with E-state index >= 15 is 0 Å². The van der Waals surface area contributed by atoms with Gasteiger partial charge in [-0.05, 0) is 20.8 Å². The molecule has 0 bridgehead atoms. The minimum absolute atomic E-state index is 1.24. The predicted molar refractivity (Wildman–Crippen MR) is 74.2 cm³/mol. The molecule has 1 aromatic carbocycles. The molecule has 0 amide bonds. The molecule has 0 aliphatic heterocycles. The third-order valence-electron chi connectivity index (χ3n) is 2.34. The fourth-order valence-electron chi connectivity index (χ4n) is 1.55. The van der Waals surface area contributed by atoms with Crippen LogP contribution >= 0.6 is 0 Å². The maximum atomic E-state index is 2.20. The molecule has 81 valence electrons. The van der Waals surface area contributed by atoms with Crippen LogP contribution in [0.2, 0.25) is 0 Å². The fraction of sp³-hybridized carbons (Fsp3) is 0.200. The summed E-state index contributed by atoms with van der Waals surface area (Å²) in [4.78, 5) is 0. The number of rotatable bonds is 4. The van der Waals surface area contributed by atoms with Crippen molar-refractivity contribution in [2.45, 2.75) is 20.8 Å². The van der Waals surface area contributed by atoms with Crippen molar-refractivity contribution < 1.29 is 0 Å². The van der Waals surface area contributed by atoms with Crippen LogP contribution in [-0.2, 0) is 0 Å². The summed E-state index contributed by atoms with van der Waals surface area (Å²) < 4.78 is 0. The van der Waals surface area contributed by atoms with E-state index in [1.807, 2.05) is 19.9 Å². The highest BCUT2D eigenvalue weighted by Crippen LogP contribution is 2.06. The van der Waals surface area contributed by atoms with E-state index in [0.717, 1.165) is 0 Å². The van der Waals surface area contributed by atoms with Gasteiger partial charge in [-0.15, -0.1) is 0 Å². The van der Waals surface area contributed by atoms with Gasteiger partial charge in [-0.1, -0.05) is 71.1 Å². The first kappa shape index (κ1) is 12.6. The fourth-order valence-corrected chi connectivity index (χ4v) is 1.55. The van der Waals surface area contributed by atoms with Gasteiger partial charge in [0, 0.05) is 0 Å². The summed E-state index contributed by atoms with van der Waals surface area (Å²) in [5.41, 5.74) is 3.77. The third kappa shape index (κ3) is 3.94. The molecule has 1 radical (unpaired) electrons. The number of hydrogen-bond donors (Lipinski definition) is 0. The van der Waals surface area contributed by atoms with E-state index in [4.69, 9.17) is 0 Å². The van der Waals surface area contributed by atoms with Crippen LogP contribution < -0.4 is 5.46 Å². The first-order valence-corrected chi connectivity index (χ1v) is 5.64. The van der Waals surface area contributed by atoms with E-state index in [-0.39, 0.29) is 0 Å². The molecule has 0 nitrogen and oxygen atoms in total. The molecule has 0 spiro atoms. The Hall–Kier alpha value is -1.50. The van der Waals surface area contributed by atoms with E-state index in [1.165, 1.54) is 16.5 Å². The van der Waals surface area contributed by atoms with Crippen molar-refractivity contribution in [1.29, 1.82) is 0 Å². The number of hydrogen-bond acceptors (Lipinski definition) is 0. The maximum absolute atomic E-state index is 2.20. The predicted octanol–water partition coefficient (Wildman–Crippen LogP) is 3.44. The molecule has 0 atom stereocenters. The van der Waals surface area contributed by atoms with E-state index in [0.29, 0.717) is 0 Å². The SMILES string of the molecule is C\C=C/C(C)=C([B]c1ccccc1)\C=C/C. The highest BCUT2D eigenvalue weighted by Gasteiger charge is 2.00. The Labute approximate surface area is 99.6 Å². The van der Waals surface area contributed by atoms with Crippen molar-refractivity contribution in [2.24, 2.45) is 0 Å². The summed E-state index contributed by atoms with van der Waals surface area (Å²) in [6.45, 7) is 6.22. The molecular formula is C15H18B. The van der Waals surface area contributed by atoms with Crippen LogP contribution in [0.3, 0.4) is 0 Å². The van der Waals surface area contributed by atoms with Crippen LogP contribution in [0.4, 0.5) is 0 Å². The average molecular weight is 209 g/mol. The average Bonchev–Trinajstić information content (AvgIpc) is 2.30. The van der Waals surface area contributed by atoms with Crippen molar-refractivity contribution in [3.05, 3.63) is 65.7 Å². The molecule has 0 aromatic heterocycles. The van der Waals surface area contributed by atoms with Crippen LogP contribution in [0.1, 0.15) is 20.8 Å². The Morgan fingerprint density at radius 3 is 2.19 bits per heavy atom. The molecule has 0 N–H and O–H groups in total. The summed E-state index contributed by atoms with van der Waals surface area (Å²) in [7, 11) is 2.20. The monoisotopic (exact) mass is 209 g/mol. The molecule has 1 aromatic rings. The molecule has 0 saturated carbocycles. The molecule has 0 unspecified atom stereocenters. The lowest BCUT2D eigenvalue weighted by Crippen LogP contribution is -2.15. The summed E-state index contributed by atoms with van der Waals surface area (Å²) in [5, 5.41) is 0. The van der Waals surface area contributed by atoms with Crippen LogP contribution in [0.15, 0.2) is 65.7 Å². The third-order valence-corrected chi connectivity index (χ3v) is 2.34. The summed E-state index contributed by atoms with van der Waals surface area (Å²) in [5.74, 6) is 0. The quantitative estimate of drug-likeness (QED) is 0.526. The Morgan fingerprint density at radius 1 is 1.00 bits per heavy atom. The largest absolute Gasteiger partial charge is 0.191 e. The maximum Gasteiger partial charge on any atom is 0.191 e. The van der Waals surface area contributed by atoms with Crippen molar-refractivity contribution >= 4 is 12.7 Å². The topological polar surface area (TPSA) is 0 Å². The normalized spacial score (nSPS) is 13.2. The highest BCUT2D eigenvalue weighted by atomic mass is 13.9. The second-order valence-corrected chi connectivity index (χ2v) is 3.69. The van der Waals surface area contributed by atoms with E-state index < -0.39 is 0 Å². The second kappa shape index (κ2) is 6.89. The molecule has 1 rings (SSSR count). The first-order chi connectivity index (χ1) is 7.77. The minimum Gasteiger partial charge on any atom is -0.0882 e. The van der Waals surface area contributed by atoms with Crippen molar-refractivity contribution in [2.75, 3.05) is 0 Å². The molecule has 0 aliphatic rings. The smallest absolute Gasteiger partial charge is 0.0882 e. The van der Waals surface area contributed by atoms with Crippen LogP contribution in [0, 0.1) is 0 Å². The lowest BCUT2D eigenvalue weighted by Gasteiger charge is -2.04. The molecule has 1 heteroatoms. The van der Waals surface area contributed by atoms with Crippen molar-refractivity contribution in [3.63, 3.8) is 0 Å². The zero-order chi connectivity index (χ0) is 11.8. The number of allylic oxidation sites excluding steroid dienone is 6. The second-order valence-electron chi connectivity index (χ2n) is 3.69. The van der Waals surface area contributed by atoms with Gasteiger partial charge in [0.15, 0.2) is 7.28 Å². The zero-order valence-corrected chi connectivity index (χ0v) is 10.3. The Bertz CT molecular complexity index is 397. The Balaban J connectivity index is 2.93. The van der Waals surface area contributed by atoms with Crippen LogP contribution in [0.25, 0.3) is 0 Å². The number of benzene rings is 1. The molecular weight excluding hydrogens is 191 g/mol. The summed E-state index contributed by atoms with van der Waals surface area (Å²) in [6.07, 6.45) is 8.41. The molecule has 0 fully saturated rings. The van der Waals surface area contributed by atoms with Gasteiger partial charge in [0.05, 0.1) is 0 Å². The molecule has 16 heavy (non-hydrogen) atoms. The van der Waals surface area contributed by atoms with E-state index in [1.54, 1.807) is 0 Å². The van der Waals surface area contributed by atoms with Crippen LogP contribution in [0.5, 0.6) is 0 Å². The summed E-state index contributed by atoms with van der Waals surface area (Å²) in [6, 6.07) is 10.4. The molecule has 0 aliphatic carbocycles. The zero-order valence-electron chi connectivity index (χ0n) is 10.3. The standard InChI is InChI=1S/C15H18B/c1-4-9-13(3)15(10-5-2)16-14-11-7-6-8-12-14/h4-12H,1-3H3/b9-4-,10-5-,15-13+. The van der Waals surface area contributed by atoms with Gasteiger partial charge in [0.1, 0.15) is 0 Å². The van der Waals surface area contributed by atoms with Gasteiger partial charge in [-0.2, -0.15) is 0 Å².